The molecular weight excluding hydrogens is 200 g/mol. The van der Waals surface area contributed by atoms with Crippen LogP contribution in [0.5, 0.6) is 11.5 Å². The molecule has 2 rings (SSSR count). The number of benzene rings is 2. The van der Waals surface area contributed by atoms with Crippen LogP contribution >= 0.6 is 0 Å². The standard InChI is InChI=1S/C14H16O2/c1-9-5-11-6-10(2)8-13(16-4)14(11)12(7-9)15-3/h5-8H,1-4H3. The Morgan fingerprint density at radius 3 is 1.56 bits per heavy atom. The zero-order valence-electron chi connectivity index (χ0n) is 10.1. The molecule has 16 heavy (non-hydrogen) atoms. The van der Waals surface area contributed by atoms with Crippen LogP contribution in [-0.2, 0) is 0 Å². The molecule has 0 spiro atoms. The number of aryl methyl sites for hydroxylation is 2. The Morgan fingerprint density at radius 2 is 1.19 bits per heavy atom. The molecule has 0 saturated heterocycles. The van der Waals surface area contributed by atoms with Crippen LogP contribution < -0.4 is 9.47 Å². The van der Waals surface area contributed by atoms with Crippen LogP contribution in [0.1, 0.15) is 11.1 Å². The van der Waals surface area contributed by atoms with Gasteiger partial charge in [-0.05, 0) is 42.5 Å². The van der Waals surface area contributed by atoms with Crippen LogP contribution in [-0.4, -0.2) is 14.2 Å². The van der Waals surface area contributed by atoms with E-state index >= 15 is 0 Å². The summed E-state index contributed by atoms with van der Waals surface area (Å²) in [5.74, 6) is 1.73. The lowest BCUT2D eigenvalue weighted by Gasteiger charge is -2.12. The predicted octanol–water partition coefficient (Wildman–Crippen LogP) is 3.47. The van der Waals surface area contributed by atoms with Crippen molar-refractivity contribution in [2.24, 2.45) is 0 Å². The Morgan fingerprint density at radius 1 is 0.750 bits per heavy atom. The number of hydrogen-bond donors (Lipinski definition) is 0. The number of methoxy groups -OCH3 is 2. The minimum atomic E-state index is 0.867. The molecule has 0 aliphatic heterocycles. The van der Waals surface area contributed by atoms with Crippen LogP contribution in [0.4, 0.5) is 0 Å². The third-order valence-electron chi connectivity index (χ3n) is 2.71. The summed E-state index contributed by atoms with van der Waals surface area (Å²) in [6.07, 6.45) is 0. The first-order chi connectivity index (χ1) is 7.65. The highest BCUT2D eigenvalue weighted by atomic mass is 16.5. The van der Waals surface area contributed by atoms with E-state index in [4.69, 9.17) is 9.47 Å². The van der Waals surface area contributed by atoms with E-state index in [-0.39, 0.29) is 0 Å². The first kappa shape index (κ1) is 10.8. The molecule has 0 radical (unpaired) electrons. The lowest BCUT2D eigenvalue weighted by Crippen LogP contribution is -1.92. The second-order valence-corrected chi connectivity index (χ2v) is 4.03. The van der Waals surface area contributed by atoms with Crippen LogP contribution in [0, 0.1) is 13.8 Å². The molecule has 2 aromatic carbocycles. The minimum Gasteiger partial charge on any atom is -0.496 e. The maximum absolute atomic E-state index is 5.41. The van der Waals surface area contributed by atoms with E-state index in [1.165, 1.54) is 11.1 Å². The summed E-state index contributed by atoms with van der Waals surface area (Å²) in [6, 6.07) is 8.35. The van der Waals surface area contributed by atoms with Gasteiger partial charge in [0.1, 0.15) is 11.5 Å². The molecule has 0 N–H and O–H groups in total. The van der Waals surface area contributed by atoms with Gasteiger partial charge in [0.2, 0.25) is 0 Å². The summed E-state index contributed by atoms with van der Waals surface area (Å²) in [4.78, 5) is 0. The van der Waals surface area contributed by atoms with Gasteiger partial charge in [0.05, 0.1) is 19.6 Å². The number of ether oxygens (including phenoxy) is 2. The summed E-state index contributed by atoms with van der Waals surface area (Å²) in [6.45, 7) is 4.13. The Hall–Kier alpha value is -1.70. The van der Waals surface area contributed by atoms with Gasteiger partial charge in [-0.3, -0.25) is 0 Å². The van der Waals surface area contributed by atoms with Crippen molar-refractivity contribution in [3.63, 3.8) is 0 Å². The Bertz CT molecular complexity index is 485. The molecule has 0 heterocycles. The summed E-state index contributed by atoms with van der Waals surface area (Å²) >= 11 is 0. The molecule has 0 aliphatic rings. The lowest BCUT2D eigenvalue weighted by atomic mass is 10.0. The van der Waals surface area contributed by atoms with Crippen LogP contribution in [0.25, 0.3) is 10.8 Å². The van der Waals surface area contributed by atoms with Crippen molar-refractivity contribution in [1.82, 2.24) is 0 Å². The van der Waals surface area contributed by atoms with Crippen molar-refractivity contribution in [2.75, 3.05) is 14.2 Å². The van der Waals surface area contributed by atoms with Crippen molar-refractivity contribution in [2.45, 2.75) is 13.8 Å². The van der Waals surface area contributed by atoms with Gasteiger partial charge in [0.15, 0.2) is 0 Å². The van der Waals surface area contributed by atoms with E-state index in [0.29, 0.717) is 0 Å². The molecule has 0 unspecified atom stereocenters. The number of fused-ring (bicyclic) bond motifs is 1. The smallest absolute Gasteiger partial charge is 0.130 e. The second kappa shape index (κ2) is 4.05. The summed E-state index contributed by atoms with van der Waals surface area (Å²) in [7, 11) is 3.38. The van der Waals surface area contributed by atoms with E-state index < -0.39 is 0 Å². The average molecular weight is 216 g/mol. The normalized spacial score (nSPS) is 10.5. The third-order valence-corrected chi connectivity index (χ3v) is 2.71. The van der Waals surface area contributed by atoms with Gasteiger partial charge in [-0.15, -0.1) is 0 Å². The van der Waals surface area contributed by atoms with Gasteiger partial charge in [-0.25, -0.2) is 0 Å². The fourth-order valence-corrected chi connectivity index (χ4v) is 2.05. The molecule has 0 amide bonds. The van der Waals surface area contributed by atoms with Crippen molar-refractivity contribution >= 4 is 10.8 Å². The molecule has 0 atom stereocenters. The number of rotatable bonds is 2. The second-order valence-electron chi connectivity index (χ2n) is 4.03. The Labute approximate surface area is 95.8 Å². The monoisotopic (exact) mass is 216 g/mol. The topological polar surface area (TPSA) is 18.5 Å². The zero-order chi connectivity index (χ0) is 11.7. The van der Waals surface area contributed by atoms with Gasteiger partial charge in [0.25, 0.3) is 0 Å². The fraction of sp³-hybridized carbons (Fsp3) is 0.286. The highest BCUT2D eigenvalue weighted by Gasteiger charge is 2.09. The van der Waals surface area contributed by atoms with Gasteiger partial charge >= 0.3 is 0 Å². The van der Waals surface area contributed by atoms with E-state index in [1.807, 2.05) is 12.1 Å². The van der Waals surface area contributed by atoms with E-state index in [1.54, 1.807) is 14.2 Å². The molecule has 2 heteroatoms. The van der Waals surface area contributed by atoms with Crippen LogP contribution in [0.15, 0.2) is 24.3 Å². The maximum atomic E-state index is 5.41. The summed E-state index contributed by atoms with van der Waals surface area (Å²) in [5, 5.41) is 2.20. The molecule has 2 nitrogen and oxygen atoms in total. The van der Waals surface area contributed by atoms with Gasteiger partial charge in [-0.2, -0.15) is 0 Å². The fourth-order valence-electron chi connectivity index (χ4n) is 2.05. The Balaban J connectivity index is 2.87. The SMILES string of the molecule is COc1cc(C)cc2cc(C)cc(OC)c12. The quantitative estimate of drug-likeness (QED) is 0.765. The lowest BCUT2D eigenvalue weighted by molar-refractivity contribution is 0.405. The van der Waals surface area contributed by atoms with E-state index in [2.05, 4.69) is 26.0 Å². The van der Waals surface area contributed by atoms with E-state index in [0.717, 1.165) is 22.3 Å². The third kappa shape index (κ3) is 1.71. The average Bonchev–Trinajstić information content (AvgIpc) is 2.26. The van der Waals surface area contributed by atoms with Crippen molar-refractivity contribution in [3.05, 3.63) is 35.4 Å². The van der Waals surface area contributed by atoms with Gasteiger partial charge in [-0.1, -0.05) is 12.1 Å². The first-order valence-corrected chi connectivity index (χ1v) is 5.28. The van der Waals surface area contributed by atoms with Crippen molar-refractivity contribution in [3.8, 4) is 11.5 Å². The number of hydrogen-bond acceptors (Lipinski definition) is 2. The molecule has 0 fully saturated rings. The Kier molecular flexibility index (Phi) is 2.73. The molecule has 2 aromatic rings. The summed E-state index contributed by atoms with van der Waals surface area (Å²) in [5.41, 5.74) is 2.38. The molecular formula is C14H16O2. The van der Waals surface area contributed by atoms with Crippen LogP contribution in [0.3, 0.4) is 0 Å². The first-order valence-electron chi connectivity index (χ1n) is 5.28. The molecule has 0 aromatic heterocycles. The van der Waals surface area contributed by atoms with E-state index in [9.17, 15) is 0 Å². The molecule has 0 bridgehead atoms. The van der Waals surface area contributed by atoms with Gasteiger partial charge in [0, 0.05) is 0 Å². The van der Waals surface area contributed by atoms with Crippen molar-refractivity contribution < 1.29 is 9.47 Å². The molecule has 0 saturated carbocycles. The highest BCUT2D eigenvalue weighted by Crippen LogP contribution is 2.35. The van der Waals surface area contributed by atoms with Gasteiger partial charge < -0.3 is 9.47 Å². The minimum absolute atomic E-state index is 0.867. The van der Waals surface area contributed by atoms with Crippen molar-refractivity contribution in [1.29, 1.82) is 0 Å². The van der Waals surface area contributed by atoms with Crippen LogP contribution in [0.2, 0.25) is 0 Å². The highest BCUT2D eigenvalue weighted by molar-refractivity contribution is 5.95. The maximum Gasteiger partial charge on any atom is 0.130 e. The molecule has 84 valence electrons. The largest absolute Gasteiger partial charge is 0.496 e. The summed E-state index contributed by atoms with van der Waals surface area (Å²) < 4.78 is 10.8. The zero-order valence-corrected chi connectivity index (χ0v) is 10.1. The molecule has 0 aliphatic carbocycles. The predicted molar refractivity (Wildman–Crippen MR) is 66.5 cm³/mol.